The molecule has 0 atom stereocenters. The summed E-state index contributed by atoms with van der Waals surface area (Å²) in [7, 11) is 1.64. The van der Waals surface area contributed by atoms with Gasteiger partial charge in [0.1, 0.15) is 6.33 Å². The number of hydrogen-bond acceptors (Lipinski definition) is 5. The summed E-state index contributed by atoms with van der Waals surface area (Å²) < 4.78 is 21.1. The van der Waals surface area contributed by atoms with Gasteiger partial charge in [-0.3, -0.25) is 0 Å². The van der Waals surface area contributed by atoms with Gasteiger partial charge in [0.2, 0.25) is 9.05 Å². The van der Waals surface area contributed by atoms with Crippen LogP contribution in [0.2, 0.25) is 0 Å². The molecule has 1 heterocycles. The van der Waals surface area contributed by atoms with Crippen LogP contribution in [0.15, 0.2) is 23.6 Å². The molecule has 0 spiro atoms. The fourth-order valence-electron chi connectivity index (χ4n) is 0.610. The molecule has 0 fully saturated rings. The highest BCUT2D eigenvalue weighted by Gasteiger charge is 2.04. The lowest BCUT2D eigenvalue weighted by atomic mass is 10.7. The Kier molecular flexibility index (Phi) is 3.95. The molecular weight excluding hydrogens is 232 g/mol. The highest BCUT2D eigenvalue weighted by Crippen LogP contribution is 2.14. The van der Waals surface area contributed by atoms with Crippen LogP contribution in [-0.2, 0) is 9.05 Å². The Bertz CT molecular complexity index is 354. The lowest BCUT2D eigenvalue weighted by Gasteiger charge is -1.96. The van der Waals surface area contributed by atoms with Crippen molar-refractivity contribution in [2.75, 3.05) is 11.5 Å². The first-order valence-corrected chi connectivity index (χ1v) is 6.85. The molecule has 0 aliphatic rings. The van der Waals surface area contributed by atoms with Gasteiger partial charge in [-0.1, -0.05) is 0 Å². The van der Waals surface area contributed by atoms with E-state index in [2.05, 4.69) is 9.97 Å². The molecule has 7 heteroatoms. The van der Waals surface area contributed by atoms with E-state index < -0.39 is 9.05 Å². The molecule has 4 nitrogen and oxygen atoms in total. The second kappa shape index (κ2) is 4.78. The topological polar surface area (TPSA) is 59.9 Å². The van der Waals surface area contributed by atoms with Crippen LogP contribution < -0.4 is 0 Å². The van der Waals surface area contributed by atoms with Gasteiger partial charge in [-0.05, 0) is 6.07 Å². The summed E-state index contributed by atoms with van der Waals surface area (Å²) in [6, 6.07) is 1.71. The molecule has 1 aromatic rings. The molecule has 0 unspecified atom stereocenters. The van der Waals surface area contributed by atoms with Crippen molar-refractivity contribution in [1.82, 2.24) is 9.97 Å². The molecular formula is C6H7ClN2O2S2. The minimum atomic E-state index is -3.39. The Morgan fingerprint density at radius 2 is 2.31 bits per heavy atom. The van der Waals surface area contributed by atoms with Gasteiger partial charge in [0.25, 0.3) is 0 Å². The second-order valence-electron chi connectivity index (χ2n) is 2.14. The highest BCUT2D eigenvalue weighted by molar-refractivity contribution is 8.14. The first kappa shape index (κ1) is 10.7. The van der Waals surface area contributed by atoms with E-state index in [4.69, 9.17) is 10.7 Å². The lowest BCUT2D eigenvalue weighted by Crippen LogP contribution is -1.99. The van der Waals surface area contributed by atoms with Gasteiger partial charge in [0.05, 0.1) is 10.8 Å². The van der Waals surface area contributed by atoms with E-state index >= 15 is 0 Å². The minimum absolute atomic E-state index is 0.0524. The summed E-state index contributed by atoms with van der Waals surface area (Å²) in [5, 5.41) is 0.746. The maximum absolute atomic E-state index is 10.5. The van der Waals surface area contributed by atoms with E-state index in [1.54, 1.807) is 12.3 Å². The van der Waals surface area contributed by atoms with Crippen LogP contribution in [0.5, 0.6) is 0 Å². The zero-order valence-electron chi connectivity index (χ0n) is 6.55. The minimum Gasteiger partial charge on any atom is -0.245 e. The van der Waals surface area contributed by atoms with Crippen molar-refractivity contribution >= 4 is 31.5 Å². The second-order valence-corrected chi connectivity index (χ2v) is 6.15. The average molecular weight is 239 g/mol. The highest BCUT2D eigenvalue weighted by atomic mass is 35.7. The molecule has 0 aliphatic heterocycles. The zero-order chi connectivity index (χ0) is 9.73. The largest absolute Gasteiger partial charge is 0.245 e. The molecule has 0 saturated carbocycles. The van der Waals surface area contributed by atoms with E-state index in [0.717, 1.165) is 5.03 Å². The fraction of sp³-hybridized carbons (Fsp3) is 0.333. The number of aromatic nitrogens is 2. The summed E-state index contributed by atoms with van der Waals surface area (Å²) in [5.74, 6) is 0.353. The number of hydrogen-bond donors (Lipinski definition) is 0. The lowest BCUT2D eigenvalue weighted by molar-refractivity contribution is 0.611. The van der Waals surface area contributed by atoms with Crippen molar-refractivity contribution in [3.8, 4) is 0 Å². The summed E-state index contributed by atoms with van der Waals surface area (Å²) >= 11 is 1.33. The third-order valence-electron chi connectivity index (χ3n) is 1.13. The molecule has 1 aromatic heterocycles. The van der Waals surface area contributed by atoms with Crippen molar-refractivity contribution in [3.05, 3.63) is 18.6 Å². The summed E-state index contributed by atoms with van der Waals surface area (Å²) in [4.78, 5) is 7.65. The van der Waals surface area contributed by atoms with E-state index in [-0.39, 0.29) is 5.75 Å². The molecule has 0 bridgehead atoms. The van der Waals surface area contributed by atoms with Gasteiger partial charge in [-0.25, -0.2) is 18.4 Å². The predicted molar refractivity (Wildman–Crippen MR) is 52.4 cm³/mol. The quantitative estimate of drug-likeness (QED) is 0.447. The Morgan fingerprint density at radius 1 is 1.54 bits per heavy atom. The maximum Gasteiger partial charge on any atom is 0.233 e. The van der Waals surface area contributed by atoms with Gasteiger partial charge < -0.3 is 0 Å². The zero-order valence-corrected chi connectivity index (χ0v) is 8.94. The van der Waals surface area contributed by atoms with Crippen molar-refractivity contribution < 1.29 is 8.42 Å². The van der Waals surface area contributed by atoms with E-state index in [1.165, 1.54) is 18.1 Å². The molecule has 0 N–H and O–H groups in total. The van der Waals surface area contributed by atoms with Crippen LogP contribution in [0, 0.1) is 0 Å². The maximum atomic E-state index is 10.5. The summed E-state index contributed by atoms with van der Waals surface area (Å²) in [6.07, 6.45) is 3.02. The molecule has 0 aromatic carbocycles. The third kappa shape index (κ3) is 5.07. The Labute approximate surface area is 85.2 Å². The van der Waals surface area contributed by atoms with E-state index in [1.807, 2.05) is 0 Å². The van der Waals surface area contributed by atoms with Crippen LogP contribution in [0.1, 0.15) is 0 Å². The normalized spacial score (nSPS) is 11.5. The van der Waals surface area contributed by atoms with Crippen molar-refractivity contribution in [1.29, 1.82) is 0 Å². The van der Waals surface area contributed by atoms with Crippen LogP contribution in [-0.4, -0.2) is 29.9 Å². The molecule has 0 radical (unpaired) electrons. The Balaban J connectivity index is 2.37. The van der Waals surface area contributed by atoms with Crippen LogP contribution in [0.3, 0.4) is 0 Å². The van der Waals surface area contributed by atoms with Gasteiger partial charge in [-0.15, -0.1) is 11.8 Å². The number of rotatable bonds is 4. The first-order chi connectivity index (χ1) is 6.08. The molecule has 0 aliphatic carbocycles. The summed E-state index contributed by atoms with van der Waals surface area (Å²) in [6.45, 7) is 0. The van der Waals surface area contributed by atoms with Crippen molar-refractivity contribution in [2.45, 2.75) is 5.03 Å². The predicted octanol–water partition coefficient (Wildman–Crippen LogP) is 1.14. The Morgan fingerprint density at radius 3 is 2.85 bits per heavy atom. The molecule has 1 rings (SSSR count). The first-order valence-electron chi connectivity index (χ1n) is 3.39. The average Bonchev–Trinajstić information content (AvgIpc) is 2.04. The smallest absolute Gasteiger partial charge is 0.233 e. The van der Waals surface area contributed by atoms with Crippen molar-refractivity contribution in [3.63, 3.8) is 0 Å². The molecule has 0 amide bonds. The van der Waals surface area contributed by atoms with Crippen molar-refractivity contribution in [2.24, 2.45) is 0 Å². The molecule has 72 valence electrons. The monoisotopic (exact) mass is 238 g/mol. The number of thioether (sulfide) groups is 1. The van der Waals surface area contributed by atoms with Gasteiger partial charge in [0, 0.05) is 22.6 Å². The van der Waals surface area contributed by atoms with E-state index in [0.29, 0.717) is 5.75 Å². The van der Waals surface area contributed by atoms with Crippen LogP contribution >= 0.6 is 22.4 Å². The van der Waals surface area contributed by atoms with E-state index in [9.17, 15) is 8.42 Å². The standard InChI is InChI=1S/C6H7ClN2O2S2/c7-13(10,11)4-3-12-6-1-2-8-5-9-6/h1-2,5H,3-4H2. The van der Waals surface area contributed by atoms with Crippen LogP contribution in [0.4, 0.5) is 0 Å². The number of halogens is 1. The summed E-state index contributed by atoms with van der Waals surface area (Å²) in [5.41, 5.74) is 0. The Hall–Kier alpha value is -0.330. The number of nitrogens with zero attached hydrogens (tertiary/aromatic N) is 2. The fourth-order valence-corrected chi connectivity index (χ4v) is 2.79. The SMILES string of the molecule is O=S(=O)(Cl)CCSc1ccncn1. The third-order valence-corrected chi connectivity index (χ3v) is 3.49. The molecule has 13 heavy (non-hydrogen) atoms. The van der Waals surface area contributed by atoms with Gasteiger partial charge in [0.15, 0.2) is 0 Å². The van der Waals surface area contributed by atoms with Crippen LogP contribution in [0.25, 0.3) is 0 Å². The van der Waals surface area contributed by atoms with Gasteiger partial charge >= 0.3 is 0 Å². The van der Waals surface area contributed by atoms with Gasteiger partial charge in [-0.2, -0.15) is 0 Å². The molecule has 0 saturated heterocycles.